The molecule has 19 heteroatoms. The Labute approximate surface area is 527 Å². The molecule has 0 unspecified atom stereocenters. The molecule has 0 spiro atoms. The Balaban J connectivity index is 0.000000195. The van der Waals surface area contributed by atoms with Crippen molar-refractivity contribution in [3.63, 3.8) is 0 Å². The third-order valence-electron chi connectivity index (χ3n) is 17.1. The average Bonchev–Trinajstić information content (AvgIpc) is 2.58. The molecule has 6 fully saturated rings. The number of ether oxygens (including phenoxy) is 2. The Morgan fingerprint density at radius 2 is 0.767 bits per heavy atom. The van der Waals surface area contributed by atoms with Crippen molar-refractivity contribution in [1.82, 2.24) is 40.0 Å². The maximum Gasteiger partial charge on any atom is 0.410 e. The van der Waals surface area contributed by atoms with Gasteiger partial charge in [-0.1, -0.05) is 15.9 Å². The van der Waals surface area contributed by atoms with Crippen LogP contribution in [0.2, 0.25) is 0 Å². The second-order valence-electron chi connectivity index (χ2n) is 27.7. The zero-order valence-electron chi connectivity index (χ0n) is 55.8. The van der Waals surface area contributed by atoms with Crippen molar-refractivity contribution in [2.45, 2.75) is 78.9 Å². The number of halogens is 1. The van der Waals surface area contributed by atoms with Crippen molar-refractivity contribution < 1.29 is 23.9 Å². The van der Waals surface area contributed by atoms with Gasteiger partial charge in [0.1, 0.15) is 11.2 Å². The number of fused-ring (bicyclic) bond motifs is 3. The van der Waals surface area contributed by atoms with E-state index in [0.717, 1.165) is 122 Å². The van der Waals surface area contributed by atoms with Gasteiger partial charge in [0.15, 0.2) is 0 Å². The highest BCUT2D eigenvalue weighted by atomic mass is 79.9. The zero-order valence-corrected chi connectivity index (χ0v) is 57.4. The third-order valence-corrected chi connectivity index (χ3v) is 17.6. The molecule has 2 N–H and O–H groups in total. The standard InChI is InChI=1S/C23H38N4O2.C21H35N5O.C17H23BrN2O2.C6H16N2/c1-23(2,3)29-22(28)27-16-18-14-26(15-19(18)17-27)21-10-8-20(9-11-21)25(6)13-7-12-24(4)5;1-5-22-21(27)26-15-17-13-25(14-18(17)16-26)20-9-7-19(8-10-20)24(4)12-6-11-23(2)3;1-17(2,3)22-16(21)20-10-12-8-19(9-13(12)11-20)15-6-4-14(18)5-7-15;1-7-5-4-6-8(2)3/h8-11,18-19H,7,12-17H2,1-6H3;7-10,17-18H,5-6,11-16H2,1-4H3,(H,22,27);4-7,12-13H,8-11H2,1-3H3;7H,4-6H2,1-3H3/t18-,19+;17-,18+;12-,13+;. The smallest absolute Gasteiger partial charge is 0.410 e. The van der Waals surface area contributed by atoms with E-state index in [4.69, 9.17) is 9.47 Å². The molecule has 4 amide bonds. The first kappa shape index (κ1) is 69.9. The van der Waals surface area contributed by atoms with E-state index in [-0.39, 0.29) is 18.2 Å². The van der Waals surface area contributed by atoms with Gasteiger partial charge in [-0.05, 0) is 216 Å². The lowest BCUT2D eigenvalue weighted by atomic mass is 10.0. The normalized spacial score (nSPS) is 21.3. The van der Waals surface area contributed by atoms with E-state index in [1.165, 1.54) is 47.8 Å². The predicted molar refractivity (Wildman–Crippen MR) is 361 cm³/mol. The molecule has 3 aromatic carbocycles. The second-order valence-corrected chi connectivity index (χ2v) is 28.6. The molecule has 0 saturated carbocycles. The highest BCUT2D eigenvalue weighted by molar-refractivity contribution is 9.10. The van der Waals surface area contributed by atoms with E-state index >= 15 is 0 Å². The van der Waals surface area contributed by atoms with E-state index in [1.54, 1.807) is 0 Å². The van der Waals surface area contributed by atoms with E-state index in [2.05, 4.69) is 195 Å². The number of amides is 4. The van der Waals surface area contributed by atoms with Crippen LogP contribution in [0.5, 0.6) is 0 Å². The molecular formula is C67H112BrN13O5. The van der Waals surface area contributed by atoms with E-state index in [9.17, 15) is 14.4 Å². The molecule has 9 rings (SSSR count). The summed E-state index contributed by atoms with van der Waals surface area (Å²) in [6.07, 6.45) is 3.23. The molecule has 18 nitrogen and oxygen atoms in total. The maximum absolute atomic E-state index is 12.3. The van der Waals surface area contributed by atoms with Gasteiger partial charge >= 0.3 is 18.2 Å². The lowest BCUT2D eigenvalue weighted by Gasteiger charge is -2.27. The quantitative estimate of drug-likeness (QED) is 0.117. The van der Waals surface area contributed by atoms with E-state index < -0.39 is 11.2 Å². The fourth-order valence-corrected chi connectivity index (χ4v) is 12.8. The summed E-state index contributed by atoms with van der Waals surface area (Å²) in [5.74, 6) is 3.38. The molecule has 6 heterocycles. The molecular weight excluding hydrogens is 1150 g/mol. The van der Waals surface area contributed by atoms with Gasteiger partial charge in [0.05, 0.1) is 0 Å². The minimum atomic E-state index is -0.428. The molecule has 86 heavy (non-hydrogen) atoms. The molecule has 6 aliphatic heterocycles. The highest BCUT2D eigenvalue weighted by Gasteiger charge is 2.45. The van der Waals surface area contributed by atoms with E-state index in [1.807, 2.05) is 70.2 Å². The van der Waals surface area contributed by atoms with Crippen LogP contribution in [0.4, 0.5) is 42.8 Å². The first-order valence-electron chi connectivity index (χ1n) is 31.9. The molecule has 3 aromatic rings. The SMILES string of the molecule is CC(C)(C)OC(=O)N1C[C@@H]2CN(c3ccc(Br)cc3)C[C@@H]2C1.CCNC(=O)N1C[C@@H]2CN(c3ccc(N(C)CCCN(C)C)cc3)C[C@@H]2C1.CN(C)CCCN(C)c1ccc(N2C[C@H]3CN(C(=O)OC(C)(C)C)C[C@H]3C2)cc1.CNCCCN(C)C. The van der Waals surface area contributed by atoms with Gasteiger partial charge in [-0.2, -0.15) is 0 Å². The largest absolute Gasteiger partial charge is 0.444 e. The van der Waals surface area contributed by atoms with Gasteiger partial charge < -0.3 is 74.0 Å². The molecule has 0 aromatic heterocycles. The van der Waals surface area contributed by atoms with Crippen LogP contribution in [-0.2, 0) is 9.47 Å². The summed E-state index contributed by atoms with van der Waals surface area (Å²) in [5.41, 5.74) is 5.55. The number of hydrogen-bond donors (Lipinski definition) is 2. The number of carbonyl (C=O) groups excluding carboxylic acids is 3. The van der Waals surface area contributed by atoms with Gasteiger partial charge in [-0.3, -0.25) is 0 Å². The summed E-state index contributed by atoms with van der Waals surface area (Å²) < 4.78 is 12.1. The van der Waals surface area contributed by atoms with Gasteiger partial charge in [0.2, 0.25) is 0 Å². The molecule has 6 atom stereocenters. The third kappa shape index (κ3) is 22.1. The monoisotopic (exact) mass is 1260 g/mol. The fourth-order valence-electron chi connectivity index (χ4n) is 12.6. The zero-order chi connectivity index (χ0) is 62.9. The first-order valence-corrected chi connectivity index (χ1v) is 32.7. The van der Waals surface area contributed by atoms with Crippen LogP contribution in [0.3, 0.4) is 0 Å². The fraction of sp³-hybridized carbons (Fsp3) is 0.687. The minimum absolute atomic E-state index is 0.0973. The lowest BCUT2D eigenvalue weighted by molar-refractivity contribution is 0.0272. The Hall–Kier alpha value is -5.21. The number of benzene rings is 3. The van der Waals surface area contributed by atoms with Crippen LogP contribution in [0.25, 0.3) is 0 Å². The number of anilines is 5. The summed E-state index contributed by atoms with van der Waals surface area (Å²) in [7, 11) is 19.0. The van der Waals surface area contributed by atoms with Crippen LogP contribution in [-0.4, -0.2) is 247 Å². The van der Waals surface area contributed by atoms with Crippen molar-refractivity contribution in [3.8, 4) is 0 Å². The highest BCUT2D eigenvalue weighted by Crippen LogP contribution is 2.38. The topological polar surface area (TPSA) is 129 Å². The summed E-state index contributed by atoms with van der Waals surface area (Å²) >= 11 is 3.47. The Morgan fingerprint density at radius 3 is 1.06 bits per heavy atom. The van der Waals surface area contributed by atoms with Gasteiger partial charge in [-0.25, -0.2) is 14.4 Å². The predicted octanol–water partition coefficient (Wildman–Crippen LogP) is 9.46. The molecule has 0 radical (unpaired) electrons. The van der Waals surface area contributed by atoms with Crippen LogP contribution < -0.4 is 35.1 Å². The average molecular weight is 1260 g/mol. The summed E-state index contributed by atoms with van der Waals surface area (Å²) in [4.78, 5) is 61.0. The van der Waals surface area contributed by atoms with Gasteiger partial charge in [-0.15, -0.1) is 0 Å². The number of rotatable bonds is 18. The molecule has 482 valence electrons. The maximum atomic E-state index is 12.3. The number of carbonyl (C=O) groups is 3. The van der Waals surface area contributed by atoms with Crippen molar-refractivity contribution in [2.24, 2.45) is 35.5 Å². The molecule has 6 saturated heterocycles. The second kappa shape index (κ2) is 32.9. The minimum Gasteiger partial charge on any atom is -0.444 e. The Morgan fingerprint density at radius 1 is 0.465 bits per heavy atom. The van der Waals surface area contributed by atoms with Crippen LogP contribution >= 0.6 is 15.9 Å². The van der Waals surface area contributed by atoms with Gasteiger partial charge in [0, 0.05) is 181 Å². The summed E-state index contributed by atoms with van der Waals surface area (Å²) in [5, 5.41) is 6.02. The Kier molecular flexibility index (Phi) is 26.7. The van der Waals surface area contributed by atoms with Crippen molar-refractivity contribution >= 4 is 62.6 Å². The Bertz CT molecular complexity index is 2470. The summed E-state index contributed by atoms with van der Waals surface area (Å²) in [6, 6.07) is 26.5. The number of urea groups is 1. The molecule has 0 aliphatic carbocycles. The van der Waals surface area contributed by atoms with Crippen LogP contribution in [0.15, 0.2) is 77.3 Å². The van der Waals surface area contributed by atoms with Crippen molar-refractivity contribution in [3.05, 3.63) is 77.3 Å². The van der Waals surface area contributed by atoms with Crippen LogP contribution in [0.1, 0.15) is 67.7 Å². The summed E-state index contributed by atoms with van der Waals surface area (Å²) in [6.45, 7) is 32.0. The number of nitrogens with zero attached hydrogens (tertiary/aromatic N) is 11. The molecule has 0 bridgehead atoms. The van der Waals surface area contributed by atoms with Crippen molar-refractivity contribution in [2.75, 3.05) is 212 Å². The molecule has 6 aliphatic rings. The first-order chi connectivity index (χ1) is 40.7. The van der Waals surface area contributed by atoms with Crippen molar-refractivity contribution in [1.29, 1.82) is 0 Å². The number of hydrogen-bond acceptors (Lipinski definition) is 14. The van der Waals surface area contributed by atoms with Gasteiger partial charge in [0.25, 0.3) is 0 Å². The lowest BCUT2D eigenvalue weighted by Crippen LogP contribution is -2.40. The van der Waals surface area contributed by atoms with Crippen LogP contribution in [0, 0.1) is 35.5 Å². The number of nitrogens with one attached hydrogen (secondary N) is 2. The number of likely N-dealkylation sites (tertiary alicyclic amines) is 3. The van der Waals surface area contributed by atoms with E-state index in [0.29, 0.717) is 42.1 Å².